The Morgan fingerprint density at radius 2 is 1.55 bits per heavy atom. The van der Waals surface area contributed by atoms with Crippen molar-refractivity contribution in [3.63, 3.8) is 0 Å². The van der Waals surface area contributed by atoms with E-state index >= 15 is 0 Å². The largest absolute Gasteiger partial charge is 0.379 e. The van der Waals surface area contributed by atoms with Crippen molar-refractivity contribution in [1.82, 2.24) is 0 Å². The average molecular weight is 312 g/mol. The Morgan fingerprint density at radius 3 is 2.05 bits per heavy atom. The van der Waals surface area contributed by atoms with Crippen LogP contribution in [0.25, 0.3) is 0 Å². The van der Waals surface area contributed by atoms with E-state index in [1.54, 1.807) is 12.1 Å². The van der Waals surface area contributed by atoms with Crippen molar-refractivity contribution in [2.75, 3.05) is 0 Å². The molecule has 2 rings (SSSR count). The molecule has 0 saturated carbocycles. The first-order valence-electron chi connectivity index (χ1n) is 5.60. The average Bonchev–Trinajstić information content (AvgIpc) is 2.39. The van der Waals surface area contributed by atoms with E-state index in [4.69, 9.17) is 8.74 Å². The summed E-state index contributed by atoms with van der Waals surface area (Å²) in [4.78, 5) is 0.225. The predicted octanol–water partition coefficient (Wildman–Crippen LogP) is 2.34. The first kappa shape index (κ1) is 14.7. The molecule has 0 saturated heterocycles. The number of hydrogen-bond acceptors (Lipinski definition) is 4. The van der Waals surface area contributed by atoms with Crippen LogP contribution in [0.1, 0.15) is 5.56 Å². The maximum Gasteiger partial charge on any atom is 0.339 e. The molecule has 0 aromatic heterocycles. The van der Waals surface area contributed by atoms with E-state index in [2.05, 4.69) is 0 Å². The lowest BCUT2D eigenvalue weighted by atomic mass is 10.2. The quantitative estimate of drug-likeness (QED) is 0.692. The van der Waals surface area contributed by atoms with E-state index in [0.717, 1.165) is 5.56 Å². The highest BCUT2D eigenvalue weighted by atomic mass is 32.2. The van der Waals surface area contributed by atoms with Crippen molar-refractivity contribution in [3.05, 3.63) is 54.1 Å². The minimum atomic E-state index is -3.90. The first-order valence-corrected chi connectivity index (χ1v) is 8.12. The summed E-state index contributed by atoms with van der Waals surface area (Å²) in [6.07, 6.45) is 0. The minimum absolute atomic E-state index is 0.0536. The van der Waals surface area contributed by atoms with Crippen molar-refractivity contribution >= 4 is 21.2 Å². The summed E-state index contributed by atoms with van der Waals surface area (Å²) in [6.45, 7) is 1.85. The van der Waals surface area contributed by atoms with Gasteiger partial charge in [0.1, 0.15) is 10.6 Å². The summed E-state index contributed by atoms with van der Waals surface area (Å²) in [5.74, 6) is 0.0831. The molecule has 2 aromatic carbocycles. The van der Waals surface area contributed by atoms with Crippen LogP contribution in [0.3, 0.4) is 0 Å². The fourth-order valence-corrected chi connectivity index (χ4v) is 2.79. The third-order valence-electron chi connectivity index (χ3n) is 2.54. The monoisotopic (exact) mass is 312 g/mol. The van der Waals surface area contributed by atoms with Crippen LogP contribution in [0.5, 0.6) is 5.75 Å². The highest BCUT2D eigenvalue weighted by Gasteiger charge is 2.16. The minimum Gasteiger partial charge on any atom is -0.379 e. The normalized spacial score (nSPS) is 12.9. The van der Waals surface area contributed by atoms with Crippen LogP contribution in [0.2, 0.25) is 0 Å². The Balaban J connectivity index is 2.24. The second-order valence-corrected chi connectivity index (χ2v) is 6.59. The highest BCUT2D eigenvalue weighted by Crippen LogP contribution is 2.20. The molecule has 0 heterocycles. The van der Waals surface area contributed by atoms with Crippen molar-refractivity contribution in [2.24, 2.45) is 0 Å². The number of benzene rings is 2. The fraction of sp³-hybridized carbons (Fsp3) is 0.0769. The van der Waals surface area contributed by atoms with Crippen molar-refractivity contribution in [3.8, 4) is 5.75 Å². The first-order chi connectivity index (χ1) is 9.38. The lowest BCUT2D eigenvalue weighted by Crippen LogP contribution is -2.09. The predicted molar refractivity (Wildman–Crippen MR) is 74.5 cm³/mol. The molecule has 106 valence electrons. The zero-order valence-corrected chi connectivity index (χ0v) is 12.1. The number of aryl methyl sites for hydroxylation is 1. The summed E-state index contributed by atoms with van der Waals surface area (Å²) >= 11 is -2.10. The molecule has 7 heteroatoms. The molecule has 0 aliphatic carbocycles. The summed E-state index contributed by atoms with van der Waals surface area (Å²) in [6, 6.07) is 11.6. The Kier molecular flexibility index (Phi) is 4.22. The topological polar surface area (TPSA) is 80.7 Å². The molecule has 1 unspecified atom stereocenters. The molecule has 0 spiro atoms. The Hall–Kier alpha value is -1.70. The van der Waals surface area contributed by atoms with Crippen molar-refractivity contribution in [2.45, 2.75) is 16.7 Å². The van der Waals surface area contributed by atoms with E-state index in [1.165, 1.54) is 36.4 Å². The SMILES string of the molecule is Cc1ccc(S(=O)(=O)Oc2ccc(S(=O)O)cc2)cc1. The van der Waals surface area contributed by atoms with E-state index < -0.39 is 21.2 Å². The van der Waals surface area contributed by atoms with E-state index in [1.807, 2.05) is 6.92 Å². The standard InChI is InChI=1S/C13H12O5S2/c1-10-2-8-13(9-3-10)20(16,17)18-11-4-6-12(7-5-11)19(14)15/h2-9H,1H3,(H,14,15). The van der Waals surface area contributed by atoms with E-state index in [-0.39, 0.29) is 15.5 Å². The van der Waals surface area contributed by atoms with Gasteiger partial charge in [-0.15, -0.1) is 0 Å². The fourth-order valence-electron chi connectivity index (χ4n) is 1.49. The molecule has 0 amide bonds. The van der Waals surface area contributed by atoms with E-state index in [9.17, 15) is 12.6 Å². The van der Waals surface area contributed by atoms with Crippen LogP contribution in [-0.2, 0) is 21.2 Å². The third-order valence-corrected chi connectivity index (χ3v) is 4.48. The van der Waals surface area contributed by atoms with Crippen LogP contribution in [-0.4, -0.2) is 17.2 Å². The van der Waals surface area contributed by atoms with Crippen LogP contribution in [0.4, 0.5) is 0 Å². The third kappa shape index (κ3) is 3.44. The van der Waals surface area contributed by atoms with Gasteiger partial charge in [-0.2, -0.15) is 8.42 Å². The molecular formula is C13H12O5S2. The van der Waals surface area contributed by atoms with Gasteiger partial charge in [-0.25, -0.2) is 4.21 Å². The van der Waals surface area contributed by atoms with Gasteiger partial charge in [-0.3, -0.25) is 0 Å². The van der Waals surface area contributed by atoms with Gasteiger partial charge in [0.2, 0.25) is 0 Å². The molecule has 0 radical (unpaired) electrons. The lowest BCUT2D eigenvalue weighted by molar-refractivity contribution is 0.486. The van der Waals surface area contributed by atoms with Gasteiger partial charge >= 0.3 is 10.1 Å². The summed E-state index contributed by atoms with van der Waals surface area (Å²) in [7, 11) is -3.90. The molecule has 5 nitrogen and oxygen atoms in total. The van der Waals surface area contributed by atoms with Gasteiger partial charge in [-0.1, -0.05) is 17.7 Å². The van der Waals surface area contributed by atoms with Crippen LogP contribution < -0.4 is 4.18 Å². The number of hydrogen-bond donors (Lipinski definition) is 1. The van der Waals surface area contributed by atoms with Crippen LogP contribution in [0.15, 0.2) is 58.3 Å². The maximum atomic E-state index is 12.0. The molecule has 0 aliphatic rings. The van der Waals surface area contributed by atoms with Gasteiger partial charge < -0.3 is 8.74 Å². The van der Waals surface area contributed by atoms with Crippen LogP contribution >= 0.6 is 0 Å². The van der Waals surface area contributed by atoms with Crippen molar-refractivity contribution in [1.29, 1.82) is 0 Å². The maximum absolute atomic E-state index is 12.0. The second kappa shape index (κ2) is 5.74. The van der Waals surface area contributed by atoms with Gasteiger partial charge in [0.25, 0.3) is 0 Å². The molecular weight excluding hydrogens is 300 g/mol. The lowest BCUT2D eigenvalue weighted by Gasteiger charge is -2.07. The molecule has 0 fully saturated rings. The smallest absolute Gasteiger partial charge is 0.339 e. The van der Waals surface area contributed by atoms with Gasteiger partial charge in [-0.05, 0) is 43.3 Å². The second-order valence-electron chi connectivity index (χ2n) is 4.07. The van der Waals surface area contributed by atoms with Gasteiger partial charge in [0.15, 0.2) is 11.1 Å². The molecule has 20 heavy (non-hydrogen) atoms. The molecule has 1 N–H and O–H groups in total. The summed E-state index contributed by atoms with van der Waals surface area (Å²) in [5.41, 5.74) is 0.943. The Bertz CT molecular complexity index is 718. The molecule has 1 atom stereocenters. The summed E-state index contributed by atoms with van der Waals surface area (Å²) in [5, 5.41) is 0. The van der Waals surface area contributed by atoms with E-state index in [0.29, 0.717) is 0 Å². The zero-order chi connectivity index (χ0) is 14.8. The number of rotatable bonds is 4. The van der Waals surface area contributed by atoms with Gasteiger partial charge in [0.05, 0.1) is 4.90 Å². The van der Waals surface area contributed by atoms with Crippen LogP contribution in [0, 0.1) is 6.92 Å². The van der Waals surface area contributed by atoms with Crippen molar-refractivity contribution < 1.29 is 21.4 Å². The molecule has 2 aromatic rings. The highest BCUT2D eigenvalue weighted by molar-refractivity contribution is 7.87. The molecule has 0 aliphatic heterocycles. The Morgan fingerprint density at radius 1 is 1.00 bits per heavy atom. The summed E-state index contributed by atoms with van der Waals surface area (Å²) < 4.78 is 48.6. The zero-order valence-electron chi connectivity index (χ0n) is 10.5. The Labute approximate surface area is 119 Å². The molecule has 0 bridgehead atoms. The van der Waals surface area contributed by atoms with Gasteiger partial charge in [0, 0.05) is 0 Å².